The van der Waals surface area contributed by atoms with Gasteiger partial charge in [-0.15, -0.1) is 0 Å². The van der Waals surface area contributed by atoms with Gasteiger partial charge >= 0.3 is 0 Å². The average Bonchev–Trinajstić information content (AvgIpc) is 3.08. The van der Waals surface area contributed by atoms with Gasteiger partial charge in [0.05, 0.1) is 19.3 Å². The number of carbonyl (C=O) groups excluding carboxylic acids is 2. The molecule has 7 heteroatoms. The number of benzene rings is 2. The van der Waals surface area contributed by atoms with E-state index in [1.54, 1.807) is 43.5 Å². The molecule has 0 aliphatic rings. The first kappa shape index (κ1) is 22.1. The fraction of sp³-hybridized carbons (Fsp3) is 0.292. The Morgan fingerprint density at radius 2 is 1.84 bits per heavy atom. The Morgan fingerprint density at radius 3 is 2.45 bits per heavy atom. The fourth-order valence-electron chi connectivity index (χ4n) is 3.35. The summed E-state index contributed by atoms with van der Waals surface area (Å²) in [6.45, 7) is 6.89. The molecule has 7 nitrogen and oxygen atoms in total. The molecule has 0 aliphatic heterocycles. The Kier molecular flexibility index (Phi) is 7.07. The predicted molar refractivity (Wildman–Crippen MR) is 120 cm³/mol. The summed E-state index contributed by atoms with van der Waals surface area (Å²) in [5.74, 6) is 0.215. The molecule has 0 fully saturated rings. The molecule has 162 valence electrons. The molecule has 0 radical (unpaired) electrons. The van der Waals surface area contributed by atoms with Crippen LogP contribution in [0.25, 0.3) is 0 Å². The molecule has 0 saturated heterocycles. The third kappa shape index (κ3) is 5.72. The Balaban J connectivity index is 1.62. The van der Waals surface area contributed by atoms with Gasteiger partial charge in [-0.05, 0) is 56.7 Å². The molecule has 2 amide bonds. The first-order chi connectivity index (χ1) is 14.9. The van der Waals surface area contributed by atoms with Crippen molar-refractivity contribution in [1.29, 1.82) is 0 Å². The van der Waals surface area contributed by atoms with E-state index >= 15 is 0 Å². The minimum absolute atomic E-state index is 0.0277. The van der Waals surface area contributed by atoms with Crippen LogP contribution in [0.5, 0.6) is 5.75 Å². The highest BCUT2D eigenvalue weighted by Crippen LogP contribution is 2.17. The maximum Gasteiger partial charge on any atom is 0.254 e. The monoisotopic (exact) mass is 420 g/mol. The molecule has 1 aromatic heterocycles. The van der Waals surface area contributed by atoms with E-state index in [4.69, 9.17) is 4.74 Å². The minimum atomic E-state index is -0.260. The number of rotatable bonds is 8. The Hall–Kier alpha value is -3.61. The third-order valence-electron chi connectivity index (χ3n) is 4.99. The number of likely N-dealkylation sites (N-methyl/N-ethyl adjacent to an activating group) is 1. The van der Waals surface area contributed by atoms with Crippen molar-refractivity contribution in [3.63, 3.8) is 0 Å². The summed E-state index contributed by atoms with van der Waals surface area (Å²) in [4.78, 5) is 26.9. The van der Waals surface area contributed by atoms with Crippen molar-refractivity contribution in [3.8, 4) is 5.75 Å². The van der Waals surface area contributed by atoms with Gasteiger partial charge in [0.25, 0.3) is 5.91 Å². The highest BCUT2D eigenvalue weighted by molar-refractivity contribution is 5.99. The molecule has 0 bridgehead atoms. The van der Waals surface area contributed by atoms with Gasteiger partial charge < -0.3 is 15.0 Å². The minimum Gasteiger partial charge on any atom is -0.497 e. The van der Waals surface area contributed by atoms with Crippen molar-refractivity contribution in [1.82, 2.24) is 14.7 Å². The molecule has 0 atom stereocenters. The van der Waals surface area contributed by atoms with Crippen molar-refractivity contribution in [2.45, 2.75) is 27.3 Å². The summed E-state index contributed by atoms with van der Waals surface area (Å²) in [7, 11) is 1.57. The first-order valence-electron chi connectivity index (χ1n) is 10.2. The summed E-state index contributed by atoms with van der Waals surface area (Å²) in [5, 5.41) is 7.28. The Labute approximate surface area is 182 Å². The van der Waals surface area contributed by atoms with Crippen molar-refractivity contribution >= 4 is 17.5 Å². The lowest BCUT2D eigenvalue weighted by atomic mass is 10.1. The second-order valence-electron chi connectivity index (χ2n) is 7.38. The third-order valence-corrected chi connectivity index (χ3v) is 4.99. The number of ether oxygens (including phenoxy) is 1. The lowest BCUT2D eigenvalue weighted by molar-refractivity contribution is -0.116. The number of hydrogen-bond acceptors (Lipinski definition) is 4. The second kappa shape index (κ2) is 9.93. The van der Waals surface area contributed by atoms with E-state index in [0.717, 1.165) is 17.0 Å². The van der Waals surface area contributed by atoms with E-state index in [1.165, 1.54) is 4.90 Å². The van der Waals surface area contributed by atoms with Crippen LogP contribution in [-0.4, -0.2) is 46.7 Å². The summed E-state index contributed by atoms with van der Waals surface area (Å²) in [6.07, 6.45) is 0. The van der Waals surface area contributed by atoms with E-state index in [2.05, 4.69) is 10.4 Å². The Morgan fingerprint density at radius 1 is 1.10 bits per heavy atom. The van der Waals surface area contributed by atoms with Gasteiger partial charge in [-0.2, -0.15) is 5.10 Å². The molecular weight excluding hydrogens is 392 g/mol. The SMILES string of the molecule is CCN(CC(=O)Nc1cccc(OC)c1)C(=O)c1ccc(Cn2nc(C)cc2C)cc1. The van der Waals surface area contributed by atoms with Crippen LogP contribution in [0.1, 0.15) is 34.2 Å². The van der Waals surface area contributed by atoms with Gasteiger partial charge in [0, 0.05) is 29.6 Å². The van der Waals surface area contributed by atoms with Crippen LogP contribution in [0, 0.1) is 13.8 Å². The van der Waals surface area contributed by atoms with Gasteiger partial charge in [-0.3, -0.25) is 14.3 Å². The summed E-state index contributed by atoms with van der Waals surface area (Å²) in [6, 6.07) is 16.6. The van der Waals surface area contributed by atoms with Crippen molar-refractivity contribution in [2.24, 2.45) is 0 Å². The quantitative estimate of drug-likeness (QED) is 0.603. The number of hydrogen-bond donors (Lipinski definition) is 1. The number of aryl methyl sites for hydroxylation is 2. The zero-order valence-electron chi connectivity index (χ0n) is 18.4. The predicted octanol–water partition coefficient (Wildman–Crippen LogP) is 3.66. The van der Waals surface area contributed by atoms with Gasteiger partial charge in [0.1, 0.15) is 12.3 Å². The molecule has 2 aromatic carbocycles. The van der Waals surface area contributed by atoms with E-state index in [-0.39, 0.29) is 18.4 Å². The molecule has 3 rings (SSSR count). The number of nitrogens with one attached hydrogen (secondary N) is 1. The zero-order valence-corrected chi connectivity index (χ0v) is 18.4. The smallest absolute Gasteiger partial charge is 0.254 e. The molecule has 0 spiro atoms. The fourth-order valence-corrected chi connectivity index (χ4v) is 3.35. The average molecular weight is 421 g/mol. The van der Waals surface area contributed by atoms with Crippen LogP contribution >= 0.6 is 0 Å². The number of amides is 2. The van der Waals surface area contributed by atoms with Crippen LogP contribution in [0.4, 0.5) is 5.69 Å². The van der Waals surface area contributed by atoms with Gasteiger partial charge in [-0.1, -0.05) is 18.2 Å². The lowest BCUT2D eigenvalue weighted by Gasteiger charge is -2.20. The maximum atomic E-state index is 12.9. The molecule has 3 aromatic rings. The normalized spacial score (nSPS) is 10.6. The van der Waals surface area contributed by atoms with Crippen LogP contribution in [0.15, 0.2) is 54.6 Å². The van der Waals surface area contributed by atoms with E-state index in [0.29, 0.717) is 30.1 Å². The summed E-state index contributed by atoms with van der Waals surface area (Å²) >= 11 is 0. The van der Waals surface area contributed by atoms with E-state index in [1.807, 2.05) is 43.7 Å². The number of aromatic nitrogens is 2. The second-order valence-corrected chi connectivity index (χ2v) is 7.38. The lowest BCUT2D eigenvalue weighted by Crippen LogP contribution is -2.37. The summed E-state index contributed by atoms with van der Waals surface area (Å²) in [5.41, 5.74) is 4.31. The topological polar surface area (TPSA) is 76.5 Å². The largest absolute Gasteiger partial charge is 0.497 e. The standard InChI is InChI=1S/C24H28N4O3/c1-5-27(16-23(29)25-21-7-6-8-22(14-21)31-4)24(30)20-11-9-19(10-12-20)15-28-18(3)13-17(2)26-28/h6-14H,5,15-16H2,1-4H3,(H,25,29). The highest BCUT2D eigenvalue weighted by atomic mass is 16.5. The van der Waals surface area contributed by atoms with Crippen LogP contribution in [0.2, 0.25) is 0 Å². The van der Waals surface area contributed by atoms with Crippen LogP contribution < -0.4 is 10.1 Å². The summed E-state index contributed by atoms with van der Waals surface area (Å²) < 4.78 is 7.11. The van der Waals surface area contributed by atoms with Gasteiger partial charge in [0.2, 0.25) is 5.91 Å². The van der Waals surface area contributed by atoms with Crippen molar-refractivity contribution in [2.75, 3.05) is 25.5 Å². The molecule has 0 saturated carbocycles. The molecule has 1 N–H and O–H groups in total. The van der Waals surface area contributed by atoms with Crippen LogP contribution in [-0.2, 0) is 11.3 Å². The molecule has 1 heterocycles. The Bertz CT molecular complexity index is 1060. The maximum absolute atomic E-state index is 12.9. The number of carbonyl (C=O) groups is 2. The number of anilines is 1. The zero-order chi connectivity index (χ0) is 22.4. The van der Waals surface area contributed by atoms with Crippen LogP contribution in [0.3, 0.4) is 0 Å². The first-order valence-corrected chi connectivity index (χ1v) is 10.2. The van der Waals surface area contributed by atoms with Gasteiger partial charge in [0.15, 0.2) is 0 Å². The molecule has 0 aliphatic carbocycles. The van der Waals surface area contributed by atoms with E-state index in [9.17, 15) is 9.59 Å². The van der Waals surface area contributed by atoms with Crippen molar-refractivity contribution < 1.29 is 14.3 Å². The van der Waals surface area contributed by atoms with E-state index < -0.39 is 0 Å². The molecule has 31 heavy (non-hydrogen) atoms. The molecule has 0 unspecified atom stereocenters. The highest BCUT2D eigenvalue weighted by Gasteiger charge is 2.17. The molecular formula is C24H28N4O3. The number of nitrogens with zero attached hydrogens (tertiary/aromatic N) is 3. The number of methoxy groups -OCH3 is 1. The van der Waals surface area contributed by atoms with Gasteiger partial charge in [-0.25, -0.2) is 0 Å². The van der Waals surface area contributed by atoms with Crippen molar-refractivity contribution in [3.05, 3.63) is 77.1 Å².